The Morgan fingerprint density at radius 1 is 1.17 bits per heavy atom. The summed E-state index contributed by atoms with van der Waals surface area (Å²) in [6.07, 6.45) is 1.50. The highest BCUT2D eigenvalue weighted by molar-refractivity contribution is 6.06. The largest absolute Gasteiger partial charge is 0.442 e. The van der Waals surface area contributed by atoms with Crippen LogP contribution in [0.5, 0.6) is 0 Å². The molecule has 0 aliphatic rings. The van der Waals surface area contributed by atoms with Crippen LogP contribution in [0.1, 0.15) is 35.5 Å². The first-order chi connectivity index (χ1) is 14.3. The first kappa shape index (κ1) is 21.8. The highest BCUT2D eigenvalue weighted by Gasteiger charge is 2.27. The molecule has 0 aliphatic heterocycles. The Bertz CT molecular complexity index is 1070. The van der Waals surface area contributed by atoms with Crippen molar-refractivity contribution in [3.8, 4) is 0 Å². The van der Waals surface area contributed by atoms with Crippen LogP contribution in [-0.4, -0.2) is 52.4 Å². The third-order valence-electron chi connectivity index (χ3n) is 4.95. The van der Waals surface area contributed by atoms with E-state index in [0.29, 0.717) is 37.5 Å². The summed E-state index contributed by atoms with van der Waals surface area (Å²) in [5.41, 5.74) is 1.33. The van der Waals surface area contributed by atoms with E-state index in [-0.39, 0.29) is 28.5 Å². The lowest BCUT2D eigenvalue weighted by atomic mass is 10.1. The van der Waals surface area contributed by atoms with E-state index in [1.807, 2.05) is 63.2 Å². The molecule has 7 nitrogen and oxygen atoms in total. The van der Waals surface area contributed by atoms with Gasteiger partial charge in [-0.2, -0.15) is 0 Å². The fraction of sp³-hybridized carbons (Fsp3) is 0.435. The van der Waals surface area contributed by atoms with E-state index in [9.17, 15) is 9.59 Å². The molecule has 160 valence electrons. The molecule has 3 rings (SSSR count). The summed E-state index contributed by atoms with van der Waals surface area (Å²) in [5.74, 6) is 0.492. The third kappa shape index (κ3) is 4.79. The minimum atomic E-state index is -0.235. The van der Waals surface area contributed by atoms with Crippen LogP contribution in [0.4, 0.5) is 0 Å². The van der Waals surface area contributed by atoms with Crippen molar-refractivity contribution in [2.24, 2.45) is 5.92 Å². The van der Waals surface area contributed by atoms with Gasteiger partial charge in [0.1, 0.15) is 17.5 Å². The molecular formula is C23H30N4O3. The molecule has 0 fully saturated rings. The molecule has 0 N–H and O–H groups in total. The molecule has 0 bridgehead atoms. The van der Waals surface area contributed by atoms with Crippen molar-refractivity contribution in [1.29, 1.82) is 0 Å². The molecule has 0 atom stereocenters. The van der Waals surface area contributed by atoms with Crippen LogP contribution in [0.2, 0.25) is 0 Å². The van der Waals surface area contributed by atoms with E-state index in [1.165, 1.54) is 6.33 Å². The van der Waals surface area contributed by atoms with Gasteiger partial charge in [-0.15, -0.1) is 0 Å². The number of aryl methyl sites for hydroxylation is 1. The number of aromatic nitrogens is 2. The highest BCUT2D eigenvalue weighted by atomic mass is 16.3. The zero-order chi connectivity index (χ0) is 21.8. The van der Waals surface area contributed by atoms with Crippen molar-refractivity contribution >= 4 is 17.0 Å². The molecule has 30 heavy (non-hydrogen) atoms. The monoisotopic (exact) mass is 410 g/mol. The normalized spacial score (nSPS) is 11.6. The molecule has 0 unspecified atom stereocenters. The predicted octanol–water partition coefficient (Wildman–Crippen LogP) is 3.16. The van der Waals surface area contributed by atoms with E-state index >= 15 is 0 Å². The Morgan fingerprint density at radius 3 is 2.50 bits per heavy atom. The zero-order valence-corrected chi connectivity index (χ0v) is 18.4. The second kappa shape index (κ2) is 9.26. The van der Waals surface area contributed by atoms with E-state index in [0.717, 1.165) is 5.56 Å². The van der Waals surface area contributed by atoms with Gasteiger partial charge in [-0.1, -0.05) is 44.2 Å². The van der Waals surface area contributed by atoms with Gasteiger partial charge in [0.25, 0.3) is 11.5 Å². The molecule has 0 spiro atoms. The second-order valence-corrected chi connectivity index (χ2v) is 8.32. The molecule has 0 radical (unpaired) electrons. The lowest BCUT2D eigenvalue weighted by molar-refractivity contribution is 0.0732. The van der Waals surface area contributed by atoms with Gasteiger partial charge in [-0.25, -0.2) is 4.98 Å². The zero-order valence-electron chi connectivity index (χ0n) is 18.4. The molecular weight excluding hydrogens is 380 g/mol. The van der Waals surface area contributed by atoms with Crippen LogP contribution < -0.4 is 5.56 Å². The Morgan fingerprint density at radius 2 is 1.87 bits per heavy atom. The number of furan rings is 1. The van der Waals surface area contributed by atoms with Gasteiger partial charge in [-0.3, -0.25) is 14.2 Å². The molecule has 1 aromatic carbocycles. The number of likely N-dealkylation sites (N-methyl/N-ethyl adjacent to an activating group) is 1. The lowest BCUT2D eigenvalue weighted by Crippen LogP contribution is -2.37. The van der Waals surface area contributed by atoms with Gasteiger partial charge in [0.2, 0.25) is 5.71 Å². The number of amides is 1. The van der Waals surface area contributed by atoms with Gasteiger partial charge < -0.3 is 14.2 Å². The fourth-order valence-corrected chi connectivity index (χ4v) is 3.45. The minimum absolute atomic E-state index is 0.210. The molecule has 0 saturated heterocycles. The smallest absolute Gasteiger partial charge is 0.265 e. The van der Waals surface area contributed by atoms with E-state index in [4.69, 9.17) is 4.42 Å². The van der Waals surface area contributed by atoms with Gasteiger partial charge in [0, 0.05) is 26.2 Å². The third-order valence-corrected chi connectivity index (χ3v) is 4.95. The van der Waals surface area contributed by atoms with Crippen LogP contribution in [-0.2, 0) is 13.1 Å². The topological polar surface area (TPSA) is 71.6 Å². The first-order valence-corrected chi connectivity index (χ1v) is 10.2. The molecule has 1 amide bonds. The van der Waals surface area contributed by atoms with Gasteiger partial charge >= 0.3 is 0 Å². The maximum Gasteiger partial charge on any atom is 0.265 e. The molecule has 3 aromatic rings. The number of benzene rings is 1. The summed E-state index contributed by atoms with van der Waals surface area (Å²) in [6.45, 7) is 8.02. The summed E-state index contributed by atoms with van der Waals surface area (Å²) >= 11 is 0. The van der Waals surface area contributed by atoms with Crippen LogP contribution in [0.15, 0.2) is 45.9 Å². The van der Waals surface area contributed by atoms with E-state index < -0.39 is 0 Å². The summed E-state index contributed by atoms with van der Waals surface area (Å²) in [4.78, 5) is 34.8. The lowest BCUT2D eigenvalue weighted by Gasteiger charge is -2.24. The van der Waals surface area contributed by atoms with Crippen LogP contribution in [0.25, 0.3) is 11.1 Å². The summed E-state index contributed by atoms with van der Waals surface area (Å²) in [7, 11) is 3.94. The quantitative estimate of drug-likeness (QED) is 0.570. The Hall–Kier alpha value is -2.93. The number of fused-ring (bicyclic) bond motifs is 1. The molecule has 2 heterocycles. The van der Waals surface area contributed by atoms with Gasteiger partial charge in [0.15, 0.2) is 0 Å². The average Bonchev–Trinajstić information content (AvgIpc) is 3.04. The molecule has 2 aromatic heterocycles. The fourth-order valence-electron chi connectivity index (χ4n) is 3.45. The Labute approximate surface area is 176 Å². The number of nitrogens with zero attached hydrogens (tertiary/aromatic N) is 4. The number of hydrogen-bond donors (Lipinski definition) is 0. The van der Waals surface area contributed by atoms with Crippen molar-refractivity contribution in [3.05, 3.63) is 63.9 Å². The summed E-state index contributed by atoms with van der Waals surface area (Å²) in [5, 5.41) is 0.267. The predicted molar refractivity (Wildman–Crippen MR) is 118 cm³/mol. The maximum atomic E-state index is 13.6. The number of carbonyl (C=O) groups excluding carboxylic acids is 1. The molecule has 0 aliphatic carbocycles. The van der Waals surface area contributed by atoms with Crippen LogP contribution in [0.3, 0.4) is 0 Å². The Kier molecular flexibility index (Phi) is 6.72. The van der Waals surface area contributed by atoms with Crippen molar-refractivity contribution in [2.75, 3.05) is 27.2 Å². The number of carbonyl (C=O) groups is 1. The molecule has 7 heteroatoms. The first-order valence-electron chi connectivity index (χ1n) is 10.2. The molecule has 0 saturated carbocycles. The SMILES string of the molecule is Cc1oc2ncn(CC(C)C)c(=O)c2c1C(=O)N(CCN(C)C)Cc1ccccc1. The van der Waals surface area contributed by atoms with Crippen molar-refractivity contribution in [3.63, 3.8) is 0 Å². The average molecular weight is 411 g/mol. The Balaban J connectivity index is 2.04. The van der Waals surface area contributed by atoms with Crippen LogP contribution >= 0.6 is 0 Å². The van der Waals surface area contributed by atoms with Gasteiger partial charge in [-0.05, 0) is 32.5 Å². The summed E-state index contributed by atoms with van der Waals surface area (Å²) < 4.78 is 7.26. The number of hydrogen-bond acceptors (Lipinski definition) is 5. The minimum Gasteiger partial charge on any atom is -0.442 e. The van der Waals surface area contributed by atoms with E-state index in [1.54, 1.807) is 16.4 Å². The van der Waals surface area contributed by atoms with E-state index in [2.05, 4.69) is 4.98 Å². The van der Waals surface area contributed by atoms with Crippen LogP contribution in [0, 0.1) is 12.8 Å². The van der Waals surface area contributed by atoms with Crippen molar-refractivity contribution < 1.29 is 9.21 Å². The summed E-state index contributed by atoms with van der Waals surface area (Å²) in [6, 6.07) is 9.85. The van der Waals surface area contributed by atoms with Gasteiger partial charge in [0.05, 0.1) is 5.56 Å². The second-order valence-electron chi connectivity index (χ2n) is 8.32. The highest BCUT2D eigenvalue weighted by Crippen LogP contribution is 2.23. The standard InChI is InChI=1S/C23H30N4O3/c1-16(2)13-27-15-24-21-20(23(27)29)19(17(3)30-21)22(28)26(12-11-25(4)5)14-18-9-7-6-8-10-18/h6-10,15-16H,11-14H2,1-5H3. The van der Waals surface area contributed by atoms with Crippen molar-refractivity contribution in [2.45, 2.75) is 33.9 Å². The maximum absolute atomic E-state index is 13.6. The number of rotatable bonds is 8. The van der Waals surface area contributed by atoms with Crippen molar-refractivity contribution in [1.82, 2.24) is 19.4 Å².